The van der Waals surface area contributed by atoms with Gasteiger partial charge < -0.3 is 20.3 Å². The SMILES string of the molecule is CCCNC(=O)N(C1CCNCC1)C1CCOCC1. The van der Waals surface area contributed by atoms with Gasteiger partial charge in [0.15, 0.2) is 0 Å². The van der Waals surface area contributed by atoms with E-state index in [1.807, 2.05) is 0 Å². The highest BCUT2D eigenvalue weighted by molar-refractivity contribution is 5.75. The average Bonchev–Trinajstić information content (AvgIpc) is 2.47. The number of hydrogen-bond donors (Lipinski definition) is 2. The molecule has 5 nitrogen and oxygen atoms in total. The Hall–Kier alpha value is -0.810. The van der Waals surface area contributed by atoms with E-state index in [1.165, 1.54) is 0 Å². The Morgan fingerprint density at radius 1 is 1.21 bits per heavy atom. The molecule has 0 bridgehead atoms. The molecule has 2 aliphatic rings. The van der Waals surface area contributed by atoms with E-state index < -0.39 is 0 Å². The van der Waals surface area contributed by atoms with Crippen LogP contribution in [0.5, 0.6) is 0 Å². The molecule has 5 heteroatoms. The molecule has 19 heavy (non-hydrogen) atoms. The molecule has 2 heterocycles. The maximum absolute atomic E-state index is 12.5. The largest absolute Gasteiger partial charge is 0.381 e. The van der Waals surface area contributed by atoms with E-state index in [2.05, 4.69) is 22.5 Å². The van der Waals surface area contributed by atoms with Crippen molar-refractivity contribution in [2.24, 2.45) is 0 Å². The first-order valence-electron chi connectivity index (χ1n) is 7.67. The fourth-order valence-corrected chi connectivity index (χ4v) is 3.00. The Labute approximate surface area is 116 Å². The molecule has 0 saturated carbocycles. The standard InChI is InChI=1S/C14H27N3O2/c1-2-7-16-14(18)17(12-3-8-15-9-4-12)13-5-10-19-11-6-13/h12-13,15H,2-11H2,1H3,(H,16,18). The molecule has 2 amide bonds. The molecule has 2 fully saturated rings. The molecular formula is C14H27N3O2. The quantitative estimate of drug-likeness (QED) is 0.810. The van der Waals surface area contributed by atoms with Crippen molar-refractivity contribution in [2.45, 2.75) is 51.1 Å². The second-order valence-electron chi connectivity index (χ2n) is 5.46. The number of piperidine rings is 1. The predicted octanol–water partition coefficient (Wildman–Crippen LogP) is 1.34. The van der Waals surface area contributed by atoms with Gasteiger partial charge in [-0.3, -0.25) is 0 Å². The molecule has 0 unspecified atom stereocenters. The van der Waals surface area contributed by atoms with Gasteiger partial charge in [-0.25, -0.2) is 4.79 Å². The van der Waals surface area contributed by atoms with E-state index in [0.29, 0.717) is 12.1 Å². The molecule has 0 aliphatic carbocycles. The lowest BCUT2D eigenvalue weighted by Gasteiger charge is -2.41. The molecule has 0 aromatic heterocycles. The van der Waals surface area contributed by atoms with Gasteiger partial charge in [-0.15, -0.1) is 0 Å². The van der Waals surface area contributed by atoms with Crippen LogP contribution in [0.1, 0.15) is 39.0 Å². The zero-order valence-electron chi connectivity index (χ0n) is 12.0. The first kappa shape index (κ1) is 14.6. The maximum atomic E-state index is 12.5. The number of carbonyl (C=O) groups is 1. The lowest BCUT2D eigenvalue weighted by molar-refractivity contribution is 0.0285. The molecule has 0 radical (unpaired) electrons. The van der Waals surface area contributed by atoms with Crippen LogP contribution in [0.4, 0.5) is 4.79 Å². The number of urea groups is 1. The van der Waals surface area contributed by atoms with Crippen LogP contribution in [0.2, 0.25) is 0 Å². The normalized spacial score (nSPS) is 22.2. The van der Waals surface area contributed by atoms with Gasteiger partial charge in [0.1, 0.15) is 0 Å². The first-order valence-corrected chi connectivity index (χ1v) is 7.67. The average molecular weight is 269 g/mol. The van der Waals surface area contributed by atoms with Crippen LogP contribution in [0.25, 0.3) is 0 Å². The number of ether oxygens (including phenoxy) is 1. The highest BCUT2D eigenvalue weighted by atomic mass is 16.5. The number of carbonyl (C=O) groups excluding carboxylic acids is 1. The Morgan fingerprint density at radius 2 is 1.84 bits per heavy atom. The van der Waals surface area contributed by atoms with Gasteiger partial charge in [0.05, 0.1) is 0 Å². The van der Waals surface area contributed by atoms with Crippen molar-refractivity contribution in [2.75, 3.05) is 32.8 Å². The smallest absolute Gasteiger partial charge is 0.317 e. The zero-order chi connectivity index (χ0) is 13.5. The fraction of sp³-hybridized carbons (Fsp3) is 0.929. The van der Waals surface area contributed by atoms with E-state index in [9.17, 15) is 4.79 Å². The van der Waals surface area contributed by atoms with Crippen LogP contribution in [-0.4, -0.2) is 55.9 Å². The second kappa shape index (κ2) is 7.70. The molecule has 2 aliphatic heterocycles. The first-order chi connectivity index (χ1) is 9.33. The van der Waals surface area contributed by atoms with Crippen molar-refractivity contribution in [3.05, 3.63) is 0 Å². The summed E-state index contributed by atoms with van der Waals surface area (Å²) in [5.74, 6) is 0. The van der Waals surface area contributed by atoms with E-state index in [-0.39, 0.29) is 6.03 Å². The van der Waals surface area contributed by atoms with Gasteiger partial charge in [0.2, 0.25) is 0 Å². The highest BCUT2D eigenvalue weighted by Crippen LogP contribution is 2.22. The lowest BCUT2D eigenvalue weighted by Crippen LogP contribution is -2.55. The summed E-state index contributed by atoms with van der Waals surface area (Å²) in [7, 11) is 0. The molecule has 0 spiro atoms. The molecule has 2 rings (SSSR count). The van der Waals surface area contributed by atoms with Crippen LogP contribution in [0.15, 0.2) is 0 Å². The van der Waals surface area contributed by atoms with Crippen molar-refractivity contribution >= 4 is 6.03 Å². The van der Waals surface area contributed by atoms with Crippen LogP contribution in [0, 0.1) is 0 Å². The van der Waals surface area contributed by atoms with Crippen molar-refractivity contribution in [1.29, 1.82) is 0 Å². The number of nitrogens with one attached hydrogen (secondary N) is 2. The maximum Gasteiger partial charge on any atom is 0.317 e. The van der Waals surface area contributed by atoms with Gasteiger partial charge in [0.25, 0.3) is 0 Å². The van der Waals surface area contributed by atoms with E-state index in [4.69, 9.17) is 4.74 Å². The third-order valence-electron chi connectivity index (χ3n) is 4.05. The third-order valence-corrected chi connectivity index (χ3v) is 4.05. The van der Waals surface area contributed by atoms with Gasteiger partial charge in [-0.05, 0) is 45.2 Å². The van der Waals surface area contributed by atoms with Gasteiger partial charge >= 0.3 is 6.03 Å². The topological polar surface area (TPSA) is 53.6 Å². The minimum Gasteiger partial charge on any atom is -0.381 e. The van der Waals surface area contributed by atoms with Crippen molar-refractivity contribution in [3.63, 3.8) is 0 Å². The summed E-state index contributed by atoms with van der Waals surface area (Å²) >= 11 is 0. The highest BCUT2D eigenvalue weighted by Gasteiger charge is 2.32. The minimum absolute atomic E-state index is 0.126. The molecule has 0 atom stereocenters. The number of rotatable bonds is 4. The van der Waals surface area contributed by atoms with Crippen LogP contribution in [-0.2, 0) is 4.74 Å². The Balaban J connectivity index is 1.99. The zero-order valence-corrected chi connectivity index (χ0v) is 12.0. The summed E-state index contributed by atoms with van der Waals surface area (Å²) in [6, 6.07) is 0.871. The summed E-state index contributed by atoms with van der Waals surface area (Å²) in [5.41, 5.74) is 0. The van der Waals surface area contributed by atoms with Gasteiger partial charge in [-0.1, -0.05) is 6.92 Å². The molecule has 2 N–H and O–H groups in total. The summed E-state index contributed by atoms with van der Waals surface area (Å²) in [5, 5.41) is 6.42. The van der Waals surface area contributed by atoms with E-state index in [1.54, 1.807) is 0 Å². The Bertz CT molecular complexity index is 256. The summed E-state index contributed by atoms with van der Waals surface area (Å²) in [6.07, 6.45) is 5.07. The summed E-state index contributed by atoms with van der Waals surface area (Å²) < 4.78 is 5.43. The molecule has 0 aromatic rings. The summed E-state index contributed by atoms with van der Waals surface area (Å²) in [6.45, 7) is 6.46. The van der Waals surface area contributed by atoms with Crippen LogP contribution in [0.3, 0.4) is 0 Å². The third kappa shape index (κ3) is 4.08. The van der Waals surface area contributed by atoms with Crippen molar-refractivity contribution in [3.8, 4) is 0 Å². The molecular weight excluding hydrogens is 242 g/mol. The predicted molar refractivity (Wildman–Crippen MR) is 75.3 cm³/mol. The Morgan fingerprint density at radius 3 is 2.47 bits per heavy atom. The number of nitrogens with zero attached hydrogens (tertiary/aromatic N) is 1. The molecule has 2 saturated heterocycles. The number of hydrogen-bond acceptors (Lipinski definition) is 3. The van der Waals surface area contributed by atoms with Gasteiger partial charge in [0, 0.05) is 31.8 Å². The summed E-state index contributed by atoms with van der Waals surface area (Å²) in [4.78, 5) is 14.6. The van der Waals surface area contributed by atoms with E-state index >= 15 is 0 Å². The second-order valence-corrected chi connectivity index (χ2v) is 5.46. The molecule has 0 aromatic carbocycles. The number of amides is 2. The van der Waals surface area contributed by atoms with Gasteiger partial charge in [-0.2, -0.15) is 0 Å². The lowest BCUT2D eigenvalue weighted by atomic mass is 9.99. The monoisotopic (exact) mass is 269 g/mol. The fourth-order valence-electron chi connectivity index (χ4n) is 3.00. The van der Waals surface area contributed by atoms with Crippen molar-refractivity contribution < 1.29 is 9.53 Å². The minimum atomic E-state index is 0.126. The van der Waals surface area contributed by atoms with E-state index in [0.717, 1.165) is 65.0 Å². The van der Waals surface area contributed by atoms with Crippen molar-refractivity contribution in [1.82, 2.24) is 15.5 Å². The Kier molecular flexibility index (Phi) is 5.92. The van der Waals surface area contributed by atoms with Crippen LogP contribution >= 0.6 is 0 Å². The van der Waals surface area contributed by atoms with Crippen LogP contribution < -0.4 is 10.6 Å². The molecule has 110 valence electrons.